The number of rotatable bonds is 8. The largest absolute Gasteiger partial charge is 0.494 e. The highest BCUT2D eigenvalue weighted by Crippen LogP contribution is 2.29. The molecule has 33 heavy (non-hydrogen) atoms. The zero-order valence-electron chi connectivity index (χ0n) is 18.6. The molecule has 0 aromatic heterocycles. The zero-order valence-corrected chi connectivity index (χ0v) is 18.6. The highest BCUT2D eigenvalue weighted by atomic mass is 16.5. The maximum absolute atomic E-state index is 12.6. The van der Waals surface area contributed by atoms with E-state index in [1.165, 1.54) is 5.56 Å². The lowest BCUT2D eigenvalue weighted by Crippen LogP contribution is -2.29. The summed E-state index contributed by atoms with van der Waals surface area (Å²) in [5, 5.41) is 0. The molecule has 0 saturated carbocycles. The van der Waals surface area contributed by atoms with Crippen LogP contribution in [0.1, 0.15) is 58.9 Å². The van der Waals surface area contributed by atoms with Crippen molar-refractivity contribution in [1.82, 2.24) is 0 Å². The fourth-order valence-corrected chi connectivity index (χ4v) is 3.62. The van der Waals surface area contributed by atoms with Crippen LogP contribution >= 0.6 is 0 Å². The molecule has 0 radical (unpaired) electrons. The predicted molar refractivity (Wildman–Crippen MR) is 125 cm³/mol. The number of benzene rings is 3. The molecule has 6 heteroatoms. The number of fused-ring (bicyclic) bond motifs is 1. The van der Waals surface area contributed by atoms with E-state index in [2.05, 4.69) is 13.8 Å². The molecule has 3 aromatic carbocycles. The minimum absolute atomic E-state index is 0.213. The molecule has 0 N–H and O–H groups in total. The summed E-state index contributed by atoms with van der Waals surface area (Å²) in [6, 6.07) is 21.0. The summed E-state index contributed by atoms with van der Waals surface area (Å²) in [7, 11) is 0. The average molecular weight is 443 g/mol. The monoisotopic (exact) mass is 443 g/mol. The lowest BCUT2D eigenvalue weighted by atomic mass is 10.0. The lowest BCUT2D eigenvalue weighted by Gasteiger charge is -2.14. The minimum atomic E-state index is -0.373. The van der Waals surface area contributed by atoms with E-state index in [1.54, 1.807) is 48.5 Å². The molecule has 0 fully saturated rings. The Labute approximate surface area is 192 Å². The van der Waals surface area contributed by atoms with Gasteiger partial charge in [-0.05, 0) is 66.4 Å². The van der Waals surface area contributed by atoms with Gasteiger partial charge in [-0.25, -0.2) is 4.90 Å². The van der Waals surface area contributed by atoms with Crippen LogP contribution in [-0.4, -0.2) is 24.4 Å². The first kappa shape index (κ1) is 22.3. The van der Waals surface area contributed by atoms with Crippen LogP contribution in [-0.2, 0) is 4.79 Å². The summed E-state index contributed by atoms with van der Waals surface area (Å²) < 4.78 is 11.0. The third kappa shape index (κ3) is 4.95. The highest BCUT2D eigenvalue weighted by molar-refractivity contribution is 6.34. The maximum atomic E-state index is 12.6. The first-order chi connectivity index (χ1) is 15.9. The van der Waals surface area contributed by atoms with Gasteiger partial charge in [0, 0.05) is 6.42 Å². The van der Waals surface area contributed by atoms with E-state index < -0.39 is 0 Å². The summed E-state index contributed by atoms with van der Waals surface area (Å²) in [4.78, 5) is 38.4. The molecule has 1 heterocycles. The topological polar surface area (TPSA) is 72.9 Å². The first-order valence-electron chi connectivity index (χ1n) is 11.0. The second kappa shape index (κ2) is 9.69. The third-order valence-electron chi connectivity index (χ3n) is 5.46. The third-order valence-corrected chi connectivity index (χ3v) is 5.46. The molecule has 6 nitrogen and oxygen atoms in total. The van der Waals surface area contributed by atoms with Gasteiger partial charge in [-0.1, -0.05) is 38.1 Å². The lowest BCUT2D eigenvalue weighted by molar-refractivity contribution is -0.134. The van der Waals surface area contributed by atoms with Gasteiger partial charge in [-0.15, -0.1) is 0 Å². The summed E-state index contributed by atoms with van der Waals surface area (Å²) in [5.74, 6) is 0.498. The van der Waals surface area contributed by atoms with Crippen LogP contribution in [0.5, 0.6) is 11.5 Å². The number of carbonyl (C=O) groups is 3. The van der Waals surface area contributed by atoms with Crippen molar-refractivity contribution >= 4 is 23.5 Å². The molecule has 1 aliphatic heterocycles. The predicted octanol–water partition coefficient (Wildman–Crippen LogP) is 5.38. The maximum Gasteiger partial charge on any atom is 0.311 e. The Balaban J connectivity index is 1.26. The molecule has 1 aliphatic rings. The van der Waals surface area contributed by atoms with E-state index >= 15 is 0 Å². The normalized spacial score (nSPS) is 12.8. The Bertz CT molecular complexity index is 1130. The van der Waals surface area contributed by atoms with Crippen LogP contribution in [0.2, 0.25) is 0 Å². The van der Waals surface area contributed by atoms with E-state index in [9.17, 15) is 14.4 Å². The number of anilines is 1. The van der Waals surface area contributed by atoms with Crippen molar-refractivity contribution in [1.29, 1.82) is 0 Å². The molecule has 168 valence electrons. The first-order valence-corrected chi connectivity index (χ1v) is 11.0. The second-order valence-corrected chi connectivity index (χ2v) is 8.14. The summed E-state index contributed by atoms with van der Waals surface area (Å²) in [6.45, 7) is 4.69. The van der Waals surface area contributed by atoms with Gasteiger partial charge in [0.15, 0.2) is 0 Å². The number of hydrogen-bond donors (Lipinski definition) is 0. The summed E-state index contributed by atoms with van der Waals surface area (Å²) >= 11 is 0. The quantitative estimate of drug-likeness (QED) is 0.202. The van der Waals surface area contributed by atoms with Crippen molar-refractivity contribution in [2.24, 2.45) is 0 Å². The Morgan fingerprint density at radius 1 is 0.818 bits per heavy atom. The molecule has 0 unspecified atom stereocenters. The van der Waals surface area contributed by atoms with Crippen LogP contribution in [0.3, 0.4) is 0 Å². The molecule has 4 rings (SSSR count). The fourth-order valence-electron chi connectivity index (χ4n) is 3.62. The Morgan fingerprint density at radius 3 is 1.97 bits per heavy atom. The Kier molecular flexibility index (Phi) is 6.54. The Hall–Kier alpha value is -3.93. The van der Waals surface area contributed by atoms with Crippen molar-refractivity contribution in [3.63, 3.8) is 0 Å². The van der Waals surface area contributed by atoms with Gasteiger partial charge in [-0.2, -0.15) is 0 Å². The standard InChI is InChI=1S/C27H25NO5/c1-18(2)19-9-13-21(14-10-19)32-17-5-8-25(29)33-22-15-11-20(12-16-22)28-26(30)23-6-3-4-7-24(23)27(28)31/h3-4,6-7,9-16,18H,5,8,17H2,1-2H3. The molecule has 3 aromatic rings. The van der Waals surface area contributed by atoms with Gasteiger partial charge in [0.25, 0.3) is 11.8 Å². The van der Waals surface area contributed by atoms with Crippen molar-refractivity contribution in [3.05, 3.63) is 89.5 Å². The van der Waals surface area contributed by atoms with Crippen LogP contribution in [0.25, 0.3) is 0 Å². The molecule has 0 atom stereocenters. The van der Waals surface area contributed by atoms with Gasteiger partial charge in [0.05, 0.1) is 23.4 Å². The average Bonchev–Trinajstić information content (AvgIpc) is 3.08. The van der Waals surface area contributed by atoms with Crippen molar-refractivity contribution in [3.8, 4) is 11.5 Å². The number of carbonyl (C=O) groups excluding carboxylic acids is 3. The number of hydrogen-bond acceptors (Lipinski definition) is 5. The van der Waals surface area contributed by atoms with Gasteiger partial charge < -0.3 is 9.47 Å². The Morgan fingerprint density at radius 2 is 1.39 bits per heavy atom. The highest BCUT2D eigenvalue weighted by Gasteiger charge is 2.36. The number of nitrogens with zero attached hydrogens (tertiary/aromatic N) is 1. The molecule has 2 amide bonds. The molecule has 0 saturated heterocycles. The molecule has 0 spiro atoms. The van der Waals surface area contributed by atoms with E-state index in [-0.39, 0.29) is 24.2 Å². The van der Waals surface area contributed by atoms with Gasteiger partial charge in [-0.3, -0.25) is 14.4 Å². The fraction of sp³-hybridized carbons (Fsp3) is 0.222. The van der Waals surface area contributed by atoms with Crippen LogP contribution in [0.15, 0.2) is 72.8 Å². The van der Waals surface area contributed by atoms with E-state index in [4.69, 9.17) is 9.47 Å². The van der Waals surface area contributed by atoms with E-state index in [1.807, 2.05) is 24.3 Å². The number of esters is 1. The SMILES string of the molecule is CC(C)c1ccc(OCCCC(=O)Oc2ccc(N3C(=O)c4ccccc4C3=O)cc2)cc1. The number of ether oxygens (including phenoxy) is 2. The molecule has 0 bridgehead atoms. The number of imide groups is 1. The van der Waals surface area contributed by atoms with Crippen LogP contribution in [0, 0.1) is 0 Å². The zero-order chi connectivity index (χ0) is 23.4. The number of amides is 2. The van der Waals surface area contributed by atoms with Crippen molar-refractivity contribution in [2.75, 3.05) is 11.5 Å². The second-order valence-electron chi connectivity index (χ2n) is 8.14. The summed E-state index contributed by atoms with van der Waals surface area (Å²) in [5.41, 5.74) is 2.45. The van der Waals surface area contributed by atoms with Gasteiger partial charge in [0.1, 0.15) is 11.5 Å². The molecular weight excluding hydrogens is 418 g/mol. The summed E-state index contributed by atoms with van der Waals surface area (Å²) in [6.07, 6.45) is 0.738. The van der Waals surface area contributed by atoms with Crippen molar-refractivity contribution < 1.29 is 23.9 Å². The van der Waals surface area contributed by atoms with E-state index in [0.29, 0.717) is 41.5 Å². The minimum Gasteiger partial charge on any atom is -0.494 e. The van der Waals surface area contributed by atoms with Crippen LogP contribution < -0.4 is 14.4 Å². The van der Waals surface area contributed by atoms with Gasteiger partial charge >= 0.3 is 5.97 Å². The molecular formula is C27H25NO5. The van der Waals surface area contributed by atoms with E-state index in [0.717, 1.165) is 10.6 Å². The van der Waals surface area contributed by atoms with Crippen LogP contribution in [0.4, 0.5) is 5.69 Å². The molecule has 0 aliphatic carbocycles. The smallest absolute Gasteiger partial charge is 0.311 e. The van der Waals surface area contributed by atoms with Gasteiger partial charge in [0.2, 0.25) is 0 Å². The van der Waals surface area contributed by atoms with Crippen molar-refractivity contribution in [2.45, 2.75) is 32.6 Å².